The zero-order chi connectivity index (χ0) is 11.8. The van der Waals surface area contributed by atoms with Crippen LogP contribution in [0.2, 0.25) is 0 Å². The Balaban J connectivity index is 2.16. The van der Waals surface area contributed by atoms with Gasteiger partial charge in [-0.05, 0) is 25.7 Å². The van der Waals surface area contributed by atoms with Crippen LogP contribution in [0.5, 0.6) is 0 Å². The molecule has 4 nitrogen and oxygen atoms in total. The van der Waals surface area contributed by atoms with Crippen LogP contribution >= 0.6 is 0 Å². The summed E-state index contributed by atoms with van der Waals surface area (Å²) in [4.78, 5) is 11.5. The van der Waals surface area contributed by atoms with E-state index in [1.54, 1.807) is 0 Å². The van der Waals surface area contributed by atoms with E-state index in [-0.39, 0.29) is 18.6 Å². The molecule has 0 unspecified atom stereocenters. The lowest BCUT2D eigenvalue weighted by molar-refractivity contribution is -0.126. The van der Waals surface area contributed by atoms with Crippen LogP contribution in [0.1, 0.15) is 39.0 Å². The summed E-state index contributed by atoms with van der Waals surface area (Å²) in [5.41, 5.74) is 5.28. The third-order valence-corrected chi connectivity index (χ3v) is 3.24. The van der Waals surface area contributed by atoms with Gasteiger partial charge in [0, 0.05) is 12.6 Å². The maximum atomic E-state index is 11.5. The highest BCUT2D eigenvalue weighted by atomic mass is 16.5. The molecule has 0 spiro atoms. The van der Waals surface area contributed by atoms with Crippen LogP contribution in [0.25, 0.3) is 0 Å². The SMILES string of the molecule is C[C@H](NC(=O)COCCN)C1CCCCC1. The van der Waals surface area contributed by atoms with Crippen LogP contribution in [-0.2, 0) is 9.53 Å². The fourth-order valence-electron chi connectivity index (χ4n) is 2.30. The van der Waals surface area contributed by atoms with Gasteiger partial charge in [0.15, 0.2) is 0 Å². The van der Waals surface area contributed by atoms with E-state index < -0.39 is 0 Å². The summed E-state index contributed by atoms with van der Waals surface area (Å²) in [7, 11) is 0. The molecule has 1 atom stereocenters. The molecule has 1 amide bonds. The number of hydrogen-bond donors (Lipinski definition) is 2. The summed E-state index contributed by atoms with van der Waals surface area (Å²) >= 11 is 0. The van der Waals surface area contributed by atoms with Gasteiger partial charge in [-0.25, -0.2) is 0 Å². The summed E-state index contributed by atoms with van der Waals surface area (Å²) in [5.74, 6) is 0.624. The molecule has 0 aromatic rings. The Morgan fingerprint density at radius 1 is 1.44 bits per heavy atom. The van der Waals surface area contributed by atoms with Crippen LogP contribution in [0.4, 0.5) is 0 Å². The van der Waals surface area contributed by atoms with E-state index in [0.29, 0.717) is 19.1 Å². The van der Waals surface area contributed by atoms with Crippen molar-refractivity contribution in [1.29, 1.82) is 0 Å². The molecule has 0 aliphatic heterocycles. The molecular weight excluding hydrogens is 204 g/mol. The molecule has 1 fully saturated rings. The number of nitrogens with one attached hydrogen (secondary N) is 1. The minimum absolute atomic E-state index is 0.0217. The van der Waals surface area contributed by atoms with Gasteiger partial charge in [0.25, 0.3) is 0 Å². The molecule has 0 saturated heterocycles. The molecule has 16 heavy (non-hydrogen) atoms. The molecule has 0 radical (unpaired) electrons. The number of rotatable bonds is 6. The Bertz CT molecular complexity index is 203. The van der Waals surface area contributed by atoms with Crippen LogP contribution in [0, 0.1) is 5.92 Å². The lowest BCUT2D eigenvalue weighted by Crippen LogP contribution is -2.40. The van der Waals surface area contributed by atoms with Gasteiger partial charge in [0.05, 0.1) is 6.61 Å². The minimum Gasteiger partial charge on any atom is -0.370 e. The molecule has 1 rings (SSSR count). The van der Waals surface area contributed by atoms with Gasteiger partial charge in [-0.2, -0.15) is 0 Å². The number of nitrogens with two attached hydrogens (primary N) is 1. The molecule has 1 aliphatic rings. The van der Waals surface area contributed by atoms with Gasteiger partial charge in [-0.1, -0.05) is 19.3 Å². The predicted octanol–water partition coefficient (Wildman–Crippen LogP) is 1.05. The fraction of sp³-hybridized carbons (Fsp3) is 0.917. The monoisotopic (exact) mass is 228 g/mol. The zero-order valence-corrected chi connectivity index (χ0v) is 10.2. The second-order valence-electron chi connectivity index (χ2n) is 4.60. The van der Waals surface area contributed by atoms with Gasteiger partial charge >= 0.3 is 0 Å². The largest absolute Gasteiger partial charge is 0.370 e. The van der Waals surface area contributed by atoms with E-state index in [4.69, 9.17) is 10.5 Å². The minimum atomic E-state index is -0.0217. The summed E-state index contributed by atoms with van der Waals surface area (Å²) in [6.45, 7) is 3.14. The van der Waals surface area contributed by atoms with Crippen molar-refractivity contribution in [3.63, 3.8) is 0 Å². The number of ether oxygens (including phenoxy) is 1. The molecule has 1 aliphatic carbocycles. The standard InChI is InChI=1S/C12H24N2O2/c1-10(11-5-3-2-4-6-11)14-12(15)9-16-8-7-13/h10-11H,2-9,13H2,1H3,(H,14,15)/t10-/m0/s1. The number of carbonyl (C=O) groups is 1. The average molecular weight is 228 g/mol. The molecule has 0 heterocycles. The first-order valence-electron chi connectivity index (χ1n) is 6.31. The van der Waals surface area contributed by atoms with Crippen LogP contribution in [0.15, 0.2) is 0 Å². The van der Waals surface area contributed by atoms with Gasteiger partial charge in [0.1, 0.15) is 6.61 Å². The first-order valence-corrected chi connectivity index (χ1v) is 6.31. The van der Waals surface area contributed by atoms with E-state index in [1.165, 1.54) is 32.1 Å². The topological polar surface area (TPSA) is 64.3 Å². The fourth-order valence-corrected chi connectivity index (χ4v) is 2.30. The molecule has 0 aromatic carbocycles. The second kappa shape index (κ2) is 7.63. The number of hydrogen-bond acceptors (Lipinski definition) is 3. The highest BCUT2D eigenvalue weighted by molar-refractivity contribution is 5.77. The Hall–Kier alpha value is -0.610. The Labute approximate surface area is 97.9 Å². The molecule has 0 aromatic heterocycles. The summed E-state index contributed by atoms with van der Waals surface area (Å²) < 4.78 is 5.10. The van der Waals surface area contributed by atoms with Gasteiger partial charge in [0.2, 0.25) is 5.91 Å². The third-order valence-electron chi connectivity index (χ3n) is 3.24. The smallest absolute Gasteiger partial charge is 0.246 e. The maximum Gasteiger partial charge on any atom is 0.246 e. The second-order valence-corrected chi connectivity index (χ2v) is 4.60. The molecule has 0 bridgehead atoms. The molecule has 1 saturated carbocycles. The quantitative estimate of drug-likeness (QED) is 0.668. The van der Waals surface area contributed by atoms with Gasteiger partial charge in [-0.15, -0.1) is 0 Å². The van der Waals surface area contributed by atoms with E-state index in [0.717, 1.165) is 0 Å². The van der Waals surface area contributed by atoms with Crippen molar-refractivity contribution in [2.45, 2.75) is 45.1 Å². The molecule has 3 N–H and O–H groups in total. The Morgan fingerprint density at radius 3 is 2.75 bits per heavy atom. The summed E-state index contributed by atoms with van der Waals surface area (Å²) in [5, 5.41) is 3.00. The van der Waals surface area contributed by atoms with Crippen molar-refractivity contribution in [2.24, 2.45) is 11.7 Å². The van der Waals surface area contributed by atoms with Crippen LogP contribution < -0.4 is 11.1 Å². The highest BCUT2D eigenvalue weighted by Crippen LogP contribution is 2.26. The summed E-state index contributed by atoms with van der Waals surface area (Å²) in [6.07, 6.45) is 6.43. The molecule has 4 heteroatoms. The van der Waals surface area contributed by atoms with Crippen molar-refractivity contribution in [2.75, 3.05) is 19.8 Å². The van der Waals surface area contributed by atoms with Crippen LogP contribution in [0.3, 0.4) is 0 Å². The van der Waals surface area contributed by atoms with Crippen LogP contribution in [-0.4, -0.2) is 31.7 Å². The number of carbonyl (C=O) groups excluding carboxylic acids is 1. The highest BCUT2D eigenvalue weighted by Gasteiger charge is 2.21. The predicted molar refractivity (Wildman–Crippen MR) is 64.1 cm³/mol. The Kier molecular flexibility index (Phi) is 6.42. The van der Waals surface area contributed by atoms with Crippen molar-refractivity contribution in [3.05, 3.63) is 0 Å². The maximum absolute atomic E-state index is 11.5. The number of amides is 1. The first kappa shape index (κ1) is 13.5. The van der Waals surface area contributed by atoms with Gasteiger partial charge in [-0.3, -0.25) is 4.79 Å². The van der Waals surface area contributed by atoms with Crippen molar-refractivity contribution in [3.8, 4) is 0 Å². The summed E-state index contributed by atoms with van der Waals surface area (Å²) in [6, 6.07) is 0.272. The van der Waals surface area contributed by atoms with Crippen molar-refractivity contribution >= 4 is 5.91 Å². The van der Waals surface area contributed by atoms with E-state index in [2.05, 4.69) is 12.2 Å². The van der Waals surface area contributed by atoms with E-state index in [9.17, 15) is 4.79 Å². The van der Waals surface area contributed by atoms with E-state index >= 15 is 0 Å². The Morgan fingerprint density at radius 2 is 2.12 bits per heavy atom. The third kappa shape index (κ3) is 4.94. The van der Waals surface area contributed by atoms with Crippen molar-refractivity contribution < 1.29 is 9.53 Å². The zero-order valence-electron chi connectivity index (χ0n) is 10.2. The van der Waals surface area contributed by atoms with Gasteiger partial charge < -0.3 is 15.8 Å². The first-order chi connectivity index (χ1) is 7.74. The molecule has 94 valence electrons. The van der Waals surface area contributed by atoms with Crippen molar-refractivity contribution in [1.82, 2.24) is 5.32 Å². The average Bonchev–Trinajstić information content (AvgIpc) is 2.30. The lowest BCUT2D eigenvalue weighted by Gasteiger charge is -2.28. The molecular formula is C12H24N2O2. The normalized spacial score (nSPS) is 19.4. The van der Waals surface area contributed by atoms with E-state index in [1.807, 2.05) is 0 Å². The lowest BCUT2D eigenvalue weighted by atomic mass is 9.84.